The number of halogens is 1. The van der Waals surface area contributed by atoms with Crippen LogP contribution in [0.2, 0.25) is 0 Å². The van der Waals surface area contributed by atoms with Gasteiger partial charge in [-0.15, -0.1) is 0 Å². The topological polar surface area (TPSA) is 41.6 Å². The fourth-order valence-corrected chi connectivity index (χ4v) is 2.75. The maximum Gasteiger partial charge on any atom is 0.258 e. The van der Waals surface area contributed by atoms with E-state index in [0.717, 1.165) is 25.2 Å². The molecule has 1 aliphatic heterocycles. The molecule has 1 heterocycles. The summed E-state index contributed by atoms with van der Waals surface area (Å²) in [6, 6.07) is 13.5. The molecule has 2 aromatic rings. The first-order chi connectivity index (χ1) is 11.2. The second kappa shape index (κ2) is 6.79. The van der Waals surface area contributed by atoms with E-state index in [1.807, 2.05) is 24.3 Å². The second-order valence-corrected chi connectivity index (χ2v) is 5.57. The molecule has 0 bridgehead atoms. The molecule has 0 aliphatic carbocycles. The van der Waals surface area contributed by atoms with Gasteiger partial charge in [0.05, 0.1) is 11.7 Å². The molecule has 5 heteroatoms. The molecule has 4 nitrogen and oxygen atoms in total. The monoisotopic (exact) mass is 314 g/mol. The van der Waals surface area contributed by atoms with Crippen molar-refractivity contribution in [1.82, 2.24) is 0 Å². The van der Waals surface area contributed by atoms with E-state index in [1.165, 1.54) is 12.1 Å². The maximum absolute atomic E-state index is 13.6. The number of methoxy groups -OCH3 is 1. The Morgan fingerprint density at radius 1 is 1.22 bits per heavy atom. The van der Waals surface area contributed by atoms with Crippen molar-refractivity contribution >= 4 is 17.3 Å². The molecule has 23 heavy (non-hydrogen) atoms. The molecule has 1 fully saturated rings. The van der Waals surface area contributed by atoms with Gasteiger partial charge in [0.2, 0.25) is 0 Å². The molecule has 1 aliphatic rings. The van der Waals surface area contributed by atoms with Crippen LogP contribution in [-0.4, -0.2) is 32.2 Å². The van der Waals surface area contributed by atoms with Crippen LogP contribution >= 0.6 is 0 Å². The highest BCUT2D eigenvalue weighted by Crippen LogP contribution is 2.23. The molecule has 0 saturated carbocycles. The molecule has 2 aromatic carbocycles. The summed E-state index contributed by atoms with van der Waals surface area (Å²) < 4.78 is 19.0. The Bertz CT molecular complexity index is 688. The number of nitrogens with one attached hydrogen (secondary N) is 1. The van der Waals surface area contributed by atoms with Crippen molar-refractivity contribution in [3.05, 3.63) is 59.9 Å². The van der Waals surface area contributed by atoms with Gasteiger partial charge in [0.1, 0.15) is 5.82 Å². The summed E-state index contributed by atoms with van der Waals surface area (Å²) in [7, 11) is 1.73. The first-order valence-electron chi connectivity index (χ1n) is 7.61. The Labute approximate surface area is 134 Å². The van der Waals surface area contributed by atoms with E-state index < -0.39 is 11.7 Å². The smallest absolute Gasteiger partial charge is 0.258 e. The molecular weight excluding hydrogens is 295 g/mol. The van der Waals surface area contributed by atoms with Crippen LogP contribution < -0.4 is 10.2 Å². The zero-order valence-corrected chi connectivity index (χ0v) is 13.0. The number of anilines is 2. The largest absolute Gasteiger partial charge is 0.380 e. The lowest BCUT2D eigenvalue weighted by atomic mass is 10.2. The van der Waals surface area contributed by atoms with E-state index in [9.17, 15) is 9.18 Å². The Morgan fingerprint density at radius 3 is 2.61 bits per heavy atom. The number of amides is 1. The molecule has 0 unspecified atom stereocenters. The normalized spacial score (nSPS) is 17.3. The van der Waals surface area contributed by atoms with Gasteiger partial charge < -0.3 is 15.0 Å². The molecule has 0 radical (unpaired) electrons. The summed E-state index contributed by atoms with van der Waals surface area (Å²) >= 11 is 0. The predicted molar refractivity (Wildman–Crippen MR) is 88.4 cm³/mol. The van der Waals surface area contributed by atoms with Gasteiger partial charge in [0.25, 0.3) is 5.91 Å². The van der Waals surface area contributed by atoms with Crippen molar-refractivity contribution in [2.24, 2.45) is 0 Å². The Balaban J connectivity index is 1.66. The predicted octanol–water partition coefficient (Wildman–Crippen LogP) is 3.30. The molecule has 120 valence electrons. The minimum absolute atomic E-state index is 0.0408. The van der Waals surface area contributed by atoms with Gasteiger partial charge in [-0.25, -0.2) is 4.39 Å². The van der Waals surface area contributed by atoms with Crippen molar-refractivity contribution in [2.75, 3.05) is 30.4 Å². The molecule has 1 saturated heterocycles. The molecular formula is C18H19FN2O2. The summed E-state index contributed by atoms with van der Waals surface area (Å²) in [6.45, 7) is 1.83. The minimum Gasteiger partial charge on any atom is -0.380 e. The van der Waals surface area contributed by atoms with Gasteiger partial charge in [-0.2, -0.15) is 0 Å². The number of nitrogens with zero attached hydrogens (tertiary/aromatic N) is 1. The van der Waals surface area contributed by atoms with Gasteiger partial charge in [-0.05, 0) is 42.8 Å². The number of rotatable bonds is 4. The van der Waals surface area contributed by atoms with Crippen LogP contribution in [0.25, 0.3) is 0 Å². The number of benzene rings is 2. The van der Waals surface area contributed by atoms with Gasteiger partial charge in [0.15, 0.2) is 0 Å². The third-order valence-electron chi connectivity index (χ3n) is 4.09. The van der Waals surface area contributed by atoms with E-state index in [1.54, 1.807) is 19.2 Å². The van der Waals surface area contributed by atoms with Crippen molar-refractivity contribution in [3.8, 4) is 0 Å². The minimum atomic E-state index is -0.524. The van der Waals surface area contributed by atoms with Gasteiger partial charge >= 0.3 is 0 Å². The quantitative estimate of drug-likeness (QED) is 0.941. The van der Waals surface area contributed by atoms with E-state index in [4.69, 9.17) is 4.74 Å². The fourth-order valence-electron chi connectivity index (χ4n) is 2.75. The fraction of sp³-hybridized carbons (Fsp3) is 0.278. The number of ether oxygens (including phenoxy) is 1. The first-order valence-corrected chi connectivity index (χ1v) is 7.61. The van der Waals surface area contributed by atoms with Crippen LogP contribution in [0.5, 0.6) is 0 Å². The highest BCUT2D eigenvalue weighted by molar-refractivity contribution is 6.04. The average Bonchev–Trinajstić information content (AvgIpc) is 3.05. The number of carbonyl (C=O) groups excluding carboxylic acids is 1. The van der Waals surface area contributed by atoms with Crippen LogP contribution in [0.4, 0.5) is 15.8 Å². The molecule has 0 aromatic heterocycles. The van der Waals surface area contributed by atoms with Crippen molar-refractivity contribution < 1.29 is 13.9 Å². The van der Waals surface area contributed by atoms with Gasteiger partial charge in [-0.1, -0.05) is 12.1 Å². The first kappa shape index (κ1) is 15.5. The lowest BCUT2D eigenvalue weighted by Crippen LogP contribution is -2.22. The lowest BCUT2D eigenvalue weighted by Gasteiger charge is -2.18. The third-order valence-corrected chi connectivity index (χ3v) is 4.09. The van der Waals surface area contributed by atoms with Crippen LogP contribution in [-0.2, 0) is 4.74 Å². The Morgan fingerprint density at radius 2 is 1.96 bits per heavy atom. The molecule has 3 rings (SSSR count). The molecule has 0 spiro atoms. The van der Waals surface area contributed by atoms with Gasteiger partial charge in [-0.3, -0.25) is 4.79 Å². The lowest BCUT2D eigenvalue weighted by molar-refractivity contribution is 0.102. The highest BCUT2D eigenvalue weighted by Gasteiger charge is 2.22. The van der Waals surface area contributed by atoms with Gasteiger partial charge in [0, 0.05) is 31.6 Å². The third kappa shape index (κ3) is 3.51. The van der Waals surface area contributed by atoms with E-state index in [2.05, 4.69) is 10.2 Å². The van der Waals surface area contributed by atoms with Crippen LogP contribution in [0, 0.1) is 5.82 Å². The molecule has 1 atom stereocenters. The highest BCUT2D eigenvalue weighted by atomic mass is 19.1. The summed E-state index contributed by atoms with van der Waals surface area (Å²) in [4.78, 5) is 14.3. The summed E-state index contributed by atoms with van der Waals surface area (Å²) in [5.74, 6) is -0.972. The summed E-state index contributed by atoms with van der Waals surface area (Å²) in [5.41, 5.74) is 1.77. The van der Waals surface area contributed by atoms with Crippen molar-refractivity contribution in [1.29, 1.82) is 0 Å². The number of carbonyl (C=O) groups is 1. The average molecular weight is 314 g/mol. The zero-order chi connectivity index (χ0) is 16.2. The second-order valence-electron chi connectivity index (χ2n) is 5.57. The van der Waals surface area contributed by atoms with Crippen molar-refractivity contribution in [3.63, 3.8) is 0 Å². The number of hydrogen-bond acceptors (Lipinski definition) is 3. The molecule has 1 N–H and O–H groups in total. The van der Waals surface area contributed by atoms with E-state index in [-0.39, 0.29) is 11.7 Å². The van der Waals surface area contributed by atoms with Crippen LogP contribution in [0.1, 0.15) is 16.8 Å². The Hall–Kier alpha value is -2.40. The van der Waals surface area contributed by atoms with E-state index in [0.29, 0.717) is 5.69 Å². The molecule has 1 amide bonds. The van der Waals surface area contributed by atoms with Crippen LogP contribution in [0.15, 0.2) is 48.5 Å². The van der Waals surface area contributed by atoms with E-state index >= 15 is 0 Å². The summed E-state index contributed by atoms with van der Waals surface area (Å²) in [6.07, 6.45) is 1.29. The van der Waals surface area contributed by atoms with Crippen molar-refractivity contribution in [2.45, 2.75) is 12.5 Å². The Kier molecular flexibility index (Phi) is 4.57. The van der Waals surface area contributed by atoms with Crippen LogP contribution in [0.3, 0.4) is 0 Å². The SMILES string of the molecule is CO[C@@H]1CCN(c2ccc(NC(=O)c3ccccc3F)cc2)C1. The zero-order valence-electron chi connectivity index (χ0n) is 13.0. The standard InChI is InChI=1S/C18H19FN2O2/c1-23-15-10-11-21(12-15)14-8-6-13(7-9-14)20-18(22)16-4-2-3-5-17(16)19/h2-9,15H,10-12H2,1H3,(H,20,22)/t15-/m1/s1. The maximum atomic E-state index is 13.6. The summed E-state index contributed by atoms with van der Waals surface area (Å²) in [5, 5.41) is 2.71. The number of hydrogen-bond donors (Lipinski definition) is 1.